The van der Waals surface area contributed by atoms with E-state index in [2.05, 4.69) is 16.9 Å². The van der Waals surface area contributed by atoms with E-state index in [9.17, 15) is 4.79 Å². The number of carbonyl (C=O) groups is 1. The number of likely N-dealkylation sites (N-methyl/N-ethyl adjacent to an activating group) is 1. The number of aromatic nitrogens is 1. The number of aryl methyl sites for hydroxylation is 1. The lowest BCUT2D eigenvalue weighted by molar-refractivity contribution is -0.0894. The van der Waals surface area contributed by atoms with Crippen molar-refractivity contribution in [1.29, 1.82) is 0 Å². The van der Waals surface area contributed by atoms with Gasteiger partial charge < -0.3 is 14.6 Å². The number of ether oxygens (including phenoxy) is 1. The SMILES string of the molecule is Cc1cc[nH]c1C(=O)N1CCC2OCCN(C)C2C1. The minimum absolute atomic E-state index is 0.111. The van der Waals surface area contributed by atoms with Gasteiger partial charge in [-0.25, -0.2) is 0 Å². The summed E-state index contributed by atoms with van der Waals surface area (Å²) in [5.74, 6) is 0.111. The fourth-order valence-corrected chi connectivity index (χ4v) is 3.06. The molecule has 0 spiro atoms. The highest BCUT2D eigenvalue weighted by Gasteiger charge is 2.37. The third-order valence-corrected chi connectivity index (χ3v) is 4.32. The fourth-order valence-electron chi connectivity index (χ4n) is 3.06. The average Bonchev–Trinajstić information content (AvgIpc) is 2.84. The van der Waals surface area contributed by atoms with Gasteiger partial charge >= 0.3 is 0 Å². The summed E-state index contributed by atoms with van der Waals surface area (Å²) < 4.78 is 5.81. The van der Waals surface area contributed by atoms with Crippen molar-refractivity contribution in [2.24, 2.45) is 0 Å². The van der Waals surface area contributed by atoms with Crippen LogP contribution in [0.3, 0.4) is 0 Å². The Labute approximate surface area is 113 Å². The van der Waals surface area contributed by atoms with Crippen molar-refractivity contribution >= 4 is 5.91 Å². The molecule has 1 aromatic rings. The van der Waals surface area contributed by atoms with Gasteiger partial charge in [-0.3, -0.25) is 9.69 Å². The van der Waals surface area contributed by atoms with Gasteiger partial charge in [-0.15, -0.1) is 0 Å². The lowest BCUT2D eigenvalue weighted by Crippen LogP contribution is -2.59. The zero-order chi connectivity index (χ0) is 13.4. The maximum absolute atomic E-state index is 12.5. The lowest BCUT2D eigenvalue weighted by Gasteiger charge is -2.45. The Bertz CT molecular complexity index is 471. The Hall–Kier alpha value is -1.33. The first-order valence-electron chi connectivity index (χ1n) is 6.92. The number of hydrogen-bond acceptors (Lipinski definition) is 3. The zero-order valence-corrected chi connectivity index (χ0v) is 11.6. The molecule has 104 valence electrons. The van der Waals surface area contributed by atoms with Gasteiger partial charge in [0.1, 0.15) is 5.69 Å². The van der Waals surface area contributed by atoms with Gasteiger partial charge in [0.25, 0.3) is 5.91 Å². The third-order valence-electron chi connectivity index (χ3n) is 4.32. The summed E-state index contributed by atoms with van der Waals surface area (Å²) in [5, 5.41) is 0. The first-order valence-corrected chi connectivity index (χ1v) is 6.92. The molecule has 1 aromatic heterocycles. The quantitative estimate of drug-likeness (QED) is 0.818. The molecule has 0 radical (unpaired) electrons. The van der Waals surface area contributed by atoms with E-state index in [1.165, 1.54) is 0 Å². The van der Waals surface area contributed by atoms with E-state index in [0.717, 1.165) is 43.9 Å². The monoisotopic (exact) mass is 263 g/mol. The standard InChI is InChI=1S/C14H21N3O2/c1-10-3-5-15-13(10)14(18)17-6-4-12-11(9-17)16(2)7-8-19-12/h3,5,11-12,15H,4,6-9H2,1-2H3. The topological polar surface area (TPSA) is 48.6 Å². The Morgan fingerprint density at radius 3 is 3.05 bits per heavy atom. The van der Waals surface area contributed by atoms with Gasteiger partial charge in [0.2, 0.25) is 0 Å². The first kappa shape index (κ1) is 12.7. The molecule has 2 aliphatic heterocycles. The number of nitrogens with zero attached hydrogens (tertiary/aromatic N) is 2. The molecular weight excluding hydrogens is 242 g/mol. The van der Waals surface area contributed by atoms with E-state index in [1.54, 1.807) is 0 Å². The van der Waals surface area contributed by atoms with E-state index < -0.39 is 0 Å². The van der Waals surface area contributed by atoms with Crippen LogP contribution in [0.1, 0.15) is 22.5 Å². The number of rotatable bonds is 1. The predicted molar refractivity (Wildman–Crippen MR) is 72.2 cm³/mol. The largest absolute Gasteiger partial charge is 0.375 e. The molecule has 2 fully saturated rings. The maximum atomic E-state index is 12.5. The van der Waals surface area contributed by atoms with Crippen LogP contribution in [0, 0.1) is 6.92 Å². The smallest absolute Gasteiger partial charge is 0.270 e. The summed E-state index contributed by atoms with van der Waals surface area (Å²) >= 11 is 0. The molecule has 3 heterocycles. The molecule has 2 unspecified atom stereocenters. The van der Waals surface area contributed by atoms with Gasteiger partial charge in [0, 0.05) is 25.8 Å². The molecule has 0 saturated carbocycles. The molecule has 2 saturated heterocycles. The van der Waals surface area contributed by atoms with Gasteiger partial charge in [0.15, 0.2) is 0 Å². The van der Waals surface area contributed by atoms with Crippen molar-refractivity contribution in [3.05, 3.63) is 23.5 Å². The highest BCUT2D eigenvalue weighted by atomic mass is 16.5. The van der Waals surface area contributed by atoms with Crippen molar-refractivity contribution in [2.45, 2.75) is 25.5 Å². The van der Waals surface area contributed by atoms with Crippen LogP contribution in [0.5, 0.6) is 0 Å². The second-order valence-corrected chi connectivity index (χ2v) is 5.53. The second kappa shape index (κ2) is 4.98. The predicted octanol–water partition coefficient (Wildman–Crippen LogP) is 0.868. The number of aromatic amines is 1. The van der Waals surface area contributed by atoms with Crippen molar-refractivity contribution in [3.8, 4) is 0 Å². The molecule has 1 amide bonds. The number of nitrogens with one attached hydrogen (secondary N) is 1. The van der Waals surface area contributed by atoms with E-state index in [1.807, 2.05) is 24.1 Å². The molecule has 1 N–H and O–H groups in total. The fraction of sp³-hybridized carbons (Fsp3) is 0.643. The Balaban J connectivity index is 1.73. The van der Waals surface area contributed by atoms with Crippen LogP contribution in [0.4, 0.5) is 0 Å². The van der Waals surface area contributed by atoms with Crippen LogP contribution in [-0.2, 0) is 4.74 Å². The molecular formula is C14H21N3O2. The highest BCUT2D eigenvalue weighted by molar-refractivity contribution is 5.94. The van der Waals surface area contributed by atoms with Crippen molar-refractivity contribution in [2.75, 3.05) is 33.3 Å². The van der Waals surface area contributed by atoms with Gasteiger partial charge in [-0.1, -0.05) is 0 Å². The summed E-state index contributed by atoms with van der Waals surface area (Å²) in [6, 6.07) is 2.28. The highest BCUT2D eigenvalue weighted by Crippen LogP contribution is 2.23. The number of fused-ring (bicyclic) bond motifs is 1. The molecule has 5 heteroatoms. The van der Waals surface area contributed by atoms with Crippen LogP contribution in [-0.4, -0.2) is 66.1 Å². The first-order chi connectivity index (χ1) is 9.16. The number of hydrogen-bond donors (Lipinski definition) is 1. The normalized spacial score (nSPS) is 28.2. The van der Waals surface area contributed by atoms with Gasteiger partial charge in [-0.2, -0.15) is 0 Å². The van der Waals surface area contributed by atoms with Crippen molar-refractivity contribution in [1.82, 2.24) is 14.8 Å². The summed E-state index contributed by atoms with van der Waals surface area (Å²) in [5.41, 5.74) is 1.73. The van der Waals surface area contributed by atoms with E-state index in [4.69, 9.17) is 4.74 Å². The van der Waals surface area contributed by atoms with Crippen molar-refractivity contribution < 1.29 is 9.53 Å². The van der Waals surface area contributed by atoms with E-state index >= 15 is 0 Å². The molecule has 19 heavy (non-hydrogen) atoms. The summed E-state index contributed by atoms with van der Waals surface area (Å²) in [7, 11) is 2.12. The number of carbonyl (C=O) groups excluding carboxylic acids is 1. The molecule has 2 atom stereocenters. The van der Waals surface area contributed by atoms with Crippen LogP contribution in [0.15, 0.2) is 12.3 Å². The number of likely N-dealkylation sites (tertiary alicyclic amines) is 1. The number of morpholine rings is 1. The maximum Gasteiger partial charge on any atom is 0.270 e. The van der Waals surface area contributed by atoms with Crippen LogP contribution >= 0.6 is 0 Å². The summed E-state index contributed by atoms with van der Waals surface area (Å²) in [6.45, 7) is 5.27. The van der Waals surface area contributed by atoms with Crippen LogP contribution < -0.4 is 0 Å². The minimum atomic E-state index is 0.111. The summed E-state index contributed by atoms with van der Waals surface area (Å²) in [4.78, 5) is 19.8. The number of amides is 1. The van der Waals surface area contributed by atoms with Crippen LogP contribution in [0.25, 0.3) is 0 Å². The molecule has 0 aromatic carbocycles. The Morgan fingerprint density at radius 1 is 1.47 bits per heavy atom. The number of H-pyrrole nitrogens is 1. The third kappa shape index (κ3) is 2.28. The molecule has 5 nitrogen and oxygen atoms in total. The molecule has 0 bridgehead atoms. The number of piperidine rings is 1. The Morgan fingerprint density at radius 2 is 2.32 bits per heavy atom. The van der Waals surface area contributed by atoms with E-state index in [0.29, 0.717) is 6.04 Å². The average molecular weight is 263 g/mol. The van der Waals surface area contributed by atoms with E-state index in [-0.39, 0.29) is 12.0 Å². The Kier molecular flexibility index (Phi) is 3.33. The lowest BCUT2D eigenvalue weighted by atomic mass is 9.99. The zero-order valence-electron chi connectivity index (χ0n) is 11.6. The van der Waals surface area contributed by atoms with Crippen LogP contribution in [0.2, 0.25) is 0 Å². The van der Waals surface area contributed by atoms with Gasteiger partial charge in [0.05, 0.1) is 18.8 Å². The minimum Gasteiger partial charge on any atom is -0.375 e. The van der Waals surface area contributed by atoms with Gasteiger partial charge in [-0.05, 0) is 32.0 Å². The molecule has 2 aliphatic rings. The molecule has 3 rings (SSSR count). The molecule has 0 aliphatic carbocycles. The van der Waals surface area contributed by atoms with Crippen molar-refractivity contribution in [3.63, 3.8) is 0 Å². The summed E-state index contributed by atoms with van der Waals surface area (Å²) in [6.07, 6.45) is 3.04. The second-order valence-electron chi connectivity index (χ2n) is 5.53.